The van der Waals surface area contributed by atoms with E-state index >= 15 is 0 Å². The molecule has 0 bridgehead atoms. The van der Waals surface area contributed by atoms with Gasteiger partial charge in [0.05, 0.1) is 25.8 Å². The Bertz CT molecular complexity index is 720. The molecule has 1 aliphatic heterocycles. The molecule has 0 atom stereocenters. The van der Waals surface area contributed by atoms with Crippen LogP contribution >= 0.6 is 0 Å². The summed E-state index contributed by atoms with van der Waals surface area (Å²) >= 11 is 0. The highest BCUT2D eigenvalue weighted by molar-refractivity contribution is 5.79. The molecular formula is C21H29N3O3. The number of carbonyl (C=O) groups is 1. The van der Waals surface area contributed by atoms with E-state index < -0.39 is 5.54 Å². The van der Waals surface area contributed by atoms with Gasteiger partial charge in [0.25, 0.3) is 0 Å². The van der Waals surface area contributed by atoms with Gasteiger partial charge in [-0.15, -0.1) is 0 Å². The van der Waals surface area contributed by atoms with E-state index in [-0.39, 0.29) is 5.91 Å². The van der Waals surface area contributed by atoms with Gasteiger partial charge in [0.2, 0.25) is 5.91 Å². The standard InChI is InChI=1S/C21H29N3O3/c1-3-26-18-11-16-7-10-24(13-17(16)12-19(18)27-4-2)14-20(25)23-21(15-22)8-5-6-9-21/h11-12H,3-10,13-14H2,1-2H3,(H,23,25). The van der Waals surface area contributed by atoms with E-state index in [1.807, 2.05) is 19.9 Å². The molecule has 1 heterocycles. The second-order valence-corrected chi connectivity index (χ2v) is 7.34. The summed E-state index contributed by atoms with van der Waals surface area (Å²) in [6.07, 6.45) is 4.41. The molecule has 1 aromatic carbocycles. The van der Waals surface area contributed by atoms with Gasteiger partial charge in [-0.1, -0.05) is 0 Å². The van der Waals surface area contributed by atoms with Gasteiger partial charge in [-0.3, -0.25) is 9.69 Å². The largest absolute Gasteiger partial charge is 0.490 e. The predicted molar refractivity (Wildman–Crippen MR) is 103 cm³/mol. The molecule has 1 saturated carbocycles. The monoisotopic (exact) mass is 371 g/mol. The molecule has 1 amide bonds. The minimum absolute atomic E-state index is 0.0575. The normalized spacial score (nSPS) is 18.4. The molecule has 1 fully saturated rings. The molecular weight excluding hydrogens is 342 g/mol. The maximum atomic E-state index is 12.5. The second kappa shape index (κ2) is 8.62. The topological polar surface area (TPSA) is 74.6 Å². The minimum Gasteiger partial charge on any atom is -0.490 e. The van der Waals surface area contributed by atoms with Crippen LogP contribution in [0.3, 0.4) is 0 Å². The Morgan fingerprint density at radius 3 is 2.41 bits per heavy atom. The van der Waals surface area contributed by atoms with Gasteiger partial charge in [0.1, 0.15) is 5.54 Å². The van der Waals surface area contributed by atoms with Crippen molar-refractivity contribution in [2.45, 2.75) is 58.0 Å². The molecule has 0 radical (unpaired) electrons. The van der Waals surface area contributed by atoms with Gasteiger partial charge in [-0.2, -0.15) is 5.26 Å². The van der Waals surface area contributed by atoms with Crippen LogP contribution in [0.15, 0.2) is 12.1 Å². The van der Waals surface area contributed by atoms with Gasteiger partial charge in [-0.25, -0.2) is 0 Å². The molecule has 1 N–H and O–H groups in total. The number of rotatable bonds is 7. The van der Waals surface area contributed by atoms with Gasteiger partial charge in [0.15, 0.2) is 11.5 Å². The molecule has 0 aromatic heterocycles. The molecule has 146 valence electrons. The van der Waals surface area contributed by atoms with Gasteiger partial charge < -0.3 is 14.8 Å². The van der Waals surface area contributed by atoms with Crippen LogP contribution < -0.4 is 14.8 Å². The first kappa shape index (κ1) is 19.5. The van der Waals surface area contributed by atoms with Crippen LogP contribution in [0.4, 0.5) is 0 Å². The number of nitrogens with one attached hydrogen (secondary N) is 1. The summed E-state index contributed by atoms with van der Waals surface area (Å²) < 4.78 is 11.4. The number of ether oxygens (including phenoxy) is 2. The fourth-order valence-corrected chi connectivity index (χ4v) is 4.05. The Kier molecular flexibility index (Phi) is 6.22. The minimum atomic E-state index is -0.653. The molecule has 6 nitrogen and oxygen atoms in total. The third-order valence-electron chi connectivity index (χ3n) is 5.37. The summed E-state index contributed by atoms with van der Waals surface area (Å²) in [5.74, 6) is 1.50. The van der Waals surface area contributed by atoms with Crippen LogP contribution in [0.2, 0.25) is 0 Å². The lowest BCUT2D eigenvalue weighted by Gasteiger charge is -2.30. The molecule has 2 aliphatic rings. The number of hydrogen-bond donors (Lipinski definition) is 1. The number of amides is 1. The van der Waals surface area contributed by atoms with Crippen molar-refractivity contribution in [2.75, 3.05) is 26.3 Å². The van der Waals surface area contributed by atoms with Crippen LogP contribution in [0.5, 0.6) is 11.5 Å². The molecule has 6 heteroatoms. The van der Waals surface area contributed by atoms with E-state index in [4.69, 9.17) is 9.47 Å². The summed E-state index contributed by atoms with van der Waals surface area (Å²) in [5.41, 5.74) is 1.78. The molecule has 0 saturated heterocycles. The first-order chi connectivity index (χ1) is 13.1. The van der Waals surface area contributed by atoms with Gasteiger partial charge in [-0.05, 0) is 69.2 Å². The van der Waals surface area contributed by atoms with Gasteiger partial charge in [0, 0.05) is 13.1 Å². The maximum Gasteiger partial charge on any atom is 0.235 e. The summed E-state index contributed by atoms with van der Waals surface area (Å²) in [4.78, 5) is 14.6. The Morgan fingerprint density at radius 1 is 1.19 bits per heavy atom. The zero-order valence-corrected chi connectivity index (χ0v) is 16.3. The summed E-state index contributed by atoms with van der Waals surface area (Å²) in [6, 6.07) is 6.44. The lowest BCUT2D eigenvalue weighted by Crippen LogP contribution is -2.49. The predicted octanol–water partition coefficient (Wildman–Crippen LogP) is 2.79. The average Bonchev–Trinajstić information content (AvgIpc) is 3.11. The number of benzene rings is 1. The fraction of sp³-hybridized carbons (Fsp3) is 0.619. The van der Waals surface area contributed by atoms with E-state index in [0.717, 1.165) is 50.1 Å². The van der Waals surface area contributed by atoms with Crippen LogP contribution in [0.1, 0.15) is 50.7 Å². The van der Waals surface area contributed by atoms with Crippen molar-refractivity contribution in [3.63, 3.8) is 0 Å². The molecule has 3 rings (SSSR count). The molecule has 0 unspecified atom stereocenters. The third kappa shape index (κ3) is 4.54. The zero-order chi connectivity index (χ0) is 19.3. The number of hydrogen-bond acceptors (Lipinski definition) is 5. The van der Waals surface area contributed by atoms with Crippen molar-refractivity contribution in [3.05, 3.63) is 23.3 Å². The molecule has 27 heavy (non-hydrogen) atoms. The highest BCUT2D eigenvalue weighted by Gasteiger charge is 2.35. The van der Waals surface area contributed by atoms with E-state index in [9.17, 15) is 10.1 Å². The van der Waals surface area contributed by atoms with Crippen LogP contribution in [0, 0.1) is 11.3 Å². The zero-order valence-electron chi connectivity index (χ0n) is 16.3. The van der Waals surface area contributed by atoms with Crippen molar-refractivity contribution < 1.29 is 14.3 Å². The van der Waals surface area contributed by atoms with E-state index in [1.165, 1.54) is 11.1 Å². The van der Waals surface area contributed by atoms with Crippen molar-refractivity contribution in [2.24, 2.45) is 0 Å². The van der Waals surface area contributed by atoms with E-state index in [0.29, 0.717) is 26.3 Å². The summed E-state index contributed by atoms with van der Waals surface area (Å²) in [7, 11) is 0. The Morgan fingerprint density at radius 2 is 1.81 bits per heavy atom. The van der Waals surface area contributed by atoms with Crippen molar-refractivity contribution >= 4 is 5.91 Å². The molecule has 0 spiro atoms. The first-order valence-electron chi connectivity index (χ1n) is 9.95. The second-order valence-electron chi connectivity index (χ2n) is 7.34. The lowest BCUT2D eigenvalue weighted by molar-refractivity contribution is -0.123. The highest BCUT2D eigenvalue weighted by atomic mass is 16.5. The average molecular weight is 371 g/mol. The van der Waals surface area contributed by atoms with Crippen LogP contribution in [-0.2, 0) is 17.8 Å². The van der Waals surface area contributed by atoms with E-state index in [2.05, 4.69) is 22.4 Å². The Balaban J connectivity index is 1.66. The molecule has 1 aliphatic carbocycles. The quantitative estimate of drug-likeness (QED) is 0.798. The van der Waals surface area contributed by atoms with Crippen molar-refractivity contribution in [3.8, 4) is 17.6 Å². The maximum absolute atomic E-state index is 12.5. The number of nitrogens with zero attached hydrogens (tertiary/aromatic N) is 2. The van der Waals surface area contributed by atoms with Gasteiger partial charge >= 0.3 is 0 Å². The van der Waals surface area contributed by atoms with Crippen LogP contribution in [0.25, 0.3) is 0 Å². The first-order valence-corrected chi connectivity index (χ1v) is 9.95. The summed E-state index contributed by atoms with van der Waals surface area (Å²) in [5, 5.41) is 12.4. The van der Waals surface area contributed by atoms with Crippen LogP contribution in [-0.4, -0.2) is 42.6 Å². The molecule has 1 aromatic rings. The van der Waals surface area contributed by atoms with Crippen molar-refractivity contribution in [1.29, 1.82) is 5.26 Å². The number of carbonyl (C=O) groups excluding carboxylic acids is 1. The van der Waals surface area contributed by atoms with E-state index in [1.54, 1.807) is 0 Å². The fourth-order valence-electron chi connectivity index (χ4n) is 4.05. The number of nitriles is 1. The Hall–Kier alpha value is -2.26. The number of fused-ring (bicyclic) bond motifs is 1. The van der Waals surface area contributed by atoms with Crippen molar-refractivity contribution in [1.82, 2.24) is 10.2 Å². The SMILES string of the molecule is CCOc1cc2c(cc1OCC)CN(CC(=O)NC1(C#N)CCCC1)CC2. The third-order valence-corrected chi connectivity index (χ3v) is 5.37. The Labute approximate surface area is 161 Å². The highest BCUT2D eigenvalue weighted by Crippen LogP contribution is 2.34. The smallest absolute Gasteiger partial charge is 0.235 e. The lowest BCUT2D eigenvalue weighted by atomic mass is 9.98. The summed E-state index contributed by atoms with van der Waals surface area (Å²) in [6.45, 7) is 6.95.